The van der Waals surface area contributed by atoms with Crippen molar-refractivity contribution in [3.8, 4) is 0 Å². The number of hydrogen-bond donors (Lipinski definition) is 0. The Labute approximate surface area is 116 Å². The van der Waals surface area contributed by atoms with Gasteiger partial charge in [0.25, 0.3) is 20.2 Å². The lowest BCUT2D eigenvalue weighted by molar-refractivity contribution is 0.0670. The predicted octanol–water partition coefficient (Wildman–Crippen LogP) is 1.53. The van der Waals surface area contributed by atoms with Crippen molar-refractivity contribution in [2.75, 3.05) is 25.7 Å². The highest BCUT2D eigenvalue weighted by atomic mass is 32.2. The van der Waals surface area contributed by atoms with Gasteiger partial charge in [-0.2, -0.15) is 16.8 Å². The molecule has 0 heterocycles. The van der Waals surface area contributed by atoms with Gasteiger partial charge in [-0.25, -0.2) is 0 Å². The van der Waals surface area contributed by atoms with Gasteiger partial charge in [-0.1, -0.05) is 26.7 Å². The average Bonchev–Trinajstić information content (AvgIpc) is 2.22. The van der Waals surface area contributed by atoms with E-state index in [1.807, 2.05) is 13.8 Å². The van der Waals surface area contributed by atoms with Gasteiger partial charge in [0, 0.05) is 5.41 Å². The van der Waals surface area contributed by atoms with Crippen molar-refractivity contribution in [2.45, 2.75) is 39.5 Å². The monoisotopic (exact) mass is 316 g/mol. The summed E-state index contributed by atoms with van der Waals surface area (Å²) in [5.74, 6) is 0. The Morgan fingerprint density at radius 2 is 1.11 bits per heavy atom. The van der Waals surface area contributed by atoms with Crippen molar-refractivity contribution in [1.29, 1.82) is 0 Å². The van der Waals surface area contributed by atoms with Gasteiger partial charge in [-0.15, -0.1) is 0 Å². The Morgan fingerprint density at radius 3 is 1.32 bits per heavy atom. The molecule has 0 aliphatic rings. The molecule has 0 spiro atoms. The number of hydrogen-bond acceptors (Lipinski definition) is 6. The molecule has 0 atom stereocenters. The third-order valence-electron chi connectivity index (χ3n) is 2.72. The molecule has 0 aromatic carbocycles. The molecule has 0 aliphatic heterocycles. The summed E-state index contributed by atoms with van der Waals surface area (Å²) in [6, 6.07) is 0. The largest absolute Gasteiger partial charge is 0.270 e. The van der Waals surface area contributed by atoms with Crippen LogP contribution in [-0.2, 0) is 28.6 Å². The molecule has 0 aliphatic carbocycles. The van der Waals surface area contributed by atoms with Crippen LogP contribution in [0.1, 0.15) is 39.5 Å². The maximum atomic E-state index is 11.1. The van der Waals surface area contributed by atoms with Crippen molar-refractivity contribution in [3.05, 3.63) is 0 Å². The molecule has 0 aromatic rings. The maximum absolute atomic E-state index is 11.1. The third-order valence-corrected chi connectivity index (χ3v) is 3.81. The molecular weight excluding hydrogens is 292 g/mol. The van der Waals surface area contributed by atoms with Crippen LogP contribution in [0.2, 0.25) is 0 Å². The molecule has 0 N–H and O–H groups in total. The SMILES string of the molecule is CCCC(CCC)(COS(C)(=O)=O)COS(C)(=O)=O. The van der Waals surface area contributed by atoms with E-state index in [0.717, 1.165) is 25.4 Å². The summed E-state index contributed by atoms with van der Waals surface area (Å²) in [7, 11) is -7.11. The van der Waals surface area contributed by atoms with Crippen LogP contribution in [0.5, 0.6) is 0 Å². The van der Waals surface area contributed by atoms with Crippen LogP contribution in [0, 0.1) is 5.41 Å². The van der Waals surface area contributed by atoms with Crippen LogP contribution in [-0.4, -0.2) is 42.6 Å². The summed E-state index contributed by atoms with van der Waals surface area (Å²) in [6.45, 7) is 3.79. The second-order valence-corrected chi connectivity index (χ2v) is 8.22. The van der Waals surface area contributed by atoms with Crippen LogP contribution < -0.4 is 0 Å². The maximum Gasteiger partial charge on any atom is 0.264 e. The van der Waals surface area contributed by atoms with Crippen LogP contribution >= 0.6 is 0 Å². The van der Waals surface area contributed by atoms with Crippen molar-refractivity contribution < 1.29 is 25.2 Å². The zero-order valence-electron chi connectivity index (χ0n) is 12.0. The smallest absolute Gasteiger partial charge is 0.264 e. The first-order chi connectivity index (χ1) is 8.54. The second-order valence-electron chi connectivity index (χ2n) is 4.93. The summed E-state index contributed by atoms with van der Waals surface area (Å²) in [4.78, 5) is 0. The van der Waals surface area contributed by atoms with E-state index in [0.29, 0.717) is 12.8 Å². The van der Waals surface area contributed by atoms with E-state index in [9.17, 15) is 16.8 Å². The molecule has 19 heavy (non-hydrogen) atoms. The zero-order chi connectivity index (χ0) is 15.2. The van der Waals surface area contributed by atoms with E-state index >= 15 is 0 Å². The average molecular weight is 316 g/mol. The van der Waals surface area contributed by atoms with Gasteiger partial charge in [0.1, 0.15) is 0 Å². The molecule has 0 rings (SSSR count). The van der Waals surface area contributed by atoms with Gasteiger partial charge in [-0.05, 0) is 12.8 Å². The molecule has 0 amide bonds. The Kier molecular flexibility index (Phi) is 7.49. The van der Waals surface area contributed by atoms with Crippen LogP contribution in [0.4, 0.5) is 0 Å². The Morgan fingerprint density at radius 1 is 0.789 bits per heavy atom. The van der Waals surface area contributed by atoms with Gasteiger partial charge in [0.2, 0.25) is 0 Å². The molecular formula is C11H24O6S2. The molecule has 0 unspecified atom stereocenters. The van der Waals surface area contributed by atoms with E-state index in [4.69, 9.17) is 8.37 Å². The molecule has 0 aromatic heterocycles. The van der Waals surface area contributed by atoms with Gasteiger partial charge in [0.15, 0.2) is 0 Å². The van der Waals surface area contributed by atoms with E-state index in [1.54, 1.807) is 0 Å². The van der Waals surface area contributed by atoms with Gasteiger partial charge >= 0.3 is 0 Å². The van der Waals surface area contributed by atoms with Crippen molar-refractivity contribution in [1.82, 2.24) is 0 Å². The lowest BCUT2D eigenvalue weighted by Gasteiger charge is -2.31. The zero-order valence-corrected chi connectivity index (χ0v) is 13.6. The number of rotatable bonds is 10. The molecule has 116 valence electrons. The van der Waals surface area contributed by atoms with E-state index in [-0.39, 0.29) is 13.2 Å². The Balaban J connectivity index is 4.94. The van der Waals surface area contributed by atoms with E-state index in [2.05, 4.69) is 0 Å². The van der Waals surface area contributed by atoms with E-state index < -0.39 is 25.7 Å². The van der Waals surface area contributed by atoms with Gasteiger partial charge in [0.05, 0.1) is 25.7 Å². The molecule has 0 radical (unpaired) electrons. The fraction of sp³-hybridized carbons (Fsp3) is 1.00. The molecule has 0 bridgehead atoms. The first-order valence-electron chi connectivity index (χ1n) is 6.22. The Hall–Kier alpha value is -0.180. The first-order valence-corrected chi connectivity index (χ1v) is 9.86. The molecule has 0 saturated heterocycles. The normalized spacial score (nSPS) is 13.7. The first kappa shape index (κ1) is 18.8. The van der Waals surface area contributed by atoms with Crippen molar-refractivity contribution in [3.63, 3.8) is 0 Å². The van der Waals surface area contributed by atoms with Crippen molar-refractivity contribution in [2.24, 2.45) is 5.41 Å². The van der Waals surface area contributed by atoms with E-state index in [1.165, 1.54) is 0 Å². The minimum absolute atomic E-state index is 0.0525. The Bertz CT molecular complexity index is 408. The molecule has 0 saturated carbocycles. The van der Waals surface area contributed by atoms with Gasteiger partial charge in [-0.3, -0.25) is 8.37 Å². The minimum atomic E-state index is -3.55. The lowest BCUT2D eigenvalue weighted by Crippen LogP contribution is -2.34. The van der Waals surface area contributed by atoms with Crippen LogP contribution in [0.25, 0.3) is 0 Å². The topological polar surface area (TPSA) is 86.7 Å². The summed E-state index contributed by atoms with van der Waals surface area (Å²) >= 11 is 0. The molecule has 6 nitrogen and oxygen atoms in total. The fourth-order valence-electron chi connectivity index (χ4n) is 1.98. The highest BCUT2D eigenvalue weighted by Gasteiger charge is 2.32. The summed E-state index contributed by atoms with van der Waals surface area (Å²) in [6.07, 6.45) is 4.83. The predicted molar refractivity (Wildman–Crippen MR) is 73.8 cm³/mol. The lowest BCUT2D eigenvalue weighted by atomic mass is 9.81. The minimum Gasteiger partial charge on any atom is -0.270 e. The molecule has 8 heteroatoms. The fourth-order valence-corrected chi connectivity index (χ4v) is 2.91. The summed E-state index contributed by atoms with van der Waals surface area (Å²) in [5.41, 5.74) is -0.588. The van der Waals surface area contributed by atoms with Gasteiger partial charge < -0.3 is 0 Å². The van der Waals surface area contributed by atoms with Crippen LogP contribution in [0.15, 0.2) is 0 Å². The highest BCUT2D eigenvalue weighted by molar-refractivity contribution is 7.86. The third kappa shape index (κ3) is 9.37. The molecule has 0 fully saturated rings. The van der Waals surface area contributed by atoms with Crippen LogP contribution in [0.3, 0.4) is 0 Å². The standard InChI is InChI=1S/C11H24O6S2/c1-5-7-11(8-6-2,9-16-18(3,12)13)10-17-19(4,14)15/h5-10H2,1-4H3. The quantitative estimate of drug-likeness (QED) is 0.568. The second kappa shape index (κ2) is 7.56. The van der Waals surface area contributed by atoms with Crippen molar-refractivity contribution >= 4 is 20.2 Å². The summed E-state index contributed by atoms with van der Waals surface area (Å²) < 4.78 is 54.2. The highest BCUT2D eigenvalue weighted by Crippen LogP contribution is 2.31. The summed E-state index contributed by atoms with van der Waals surface area (Å²) in [5, 5.41) is 0.